The van der Waals surface area contributed by atoms with E-state index in [1.807, 2.05) is 39.0 Å². The van der Waals surface area contributed by atoms with Gasteiger partial charge < -0.3 is 24.8 Å². The maximum absolute atomic E-state index is 12.3. The first-order valence-corrected chi connectivity index (χ1v) is 9.76. The summed E-state index contributed by atoms with van der Waals surface area (Å²) in [6, 6.07) is 12.8. The van der Waals surface area contributed by atoms with Gasteiger partial charge >= 0.3 is 6.09 Å². The molecule has 0 unspecified atom stereocenters. The molecule has 0 spiro atoms. The van der Waals surface area contributed by atoms with Gasteiger partial charge in [0.1, 0.15) is 5.60 Å². The number of alkyl carbamates (subject to hydrolysis) is 1. The quantitative estimate of drug-likeness (QED) is 0.688. The molecule has 0 aliphatic heterocycles. The smallest absolute Gasteiger partial charge is 0.407 e. The Labute approximate surface area is 177 Å². The zero-order valence-corrected chi connectivity index (χ0v) is 18.2. The molecule has 30 heavy (non-hydrogen) atoms. The molecule has 0 saturated heterocycles. The third-order valence-electron chi connectivity index (χ3n) is 4.20. The van der Waals surface area contributed by atoms with Crippen LogP contribution in [0.2, 0.25) is 0 Å². The second-order valence-corrected chi connectivity index (χ2v) is 7.75. The van der Waals surface area contributed by atoms with E-state index in [1.54, 1.807) is 38.5 Å². The number of rotatable bonds is 8. The second-order valence-electron chi connectivity index (χ2n) is 7.75. The average Bonchev–Trinajstić information content (AvgIpc) is 2.71. The maximum atomic E-state index is 12.3. The summed E-state index contributed by atoms with van der Waals surface area (Å²) in [4.78, 5) is 24.1. The summed E-state index contributed by atoms with van der Waals surface area (Å²) in [7, 11) is 3.19. The molecule has 0 fully saturated rings. The number of carbonyl (C=O) groups excluding carboxylic acids is 2. The van der Waals surface area contributed by atoms with Gasteiger partial charge in [-0.3, -0.25) is 4.79 Å². The standard InChI is InChI=1S/C23H30N2O5/c1-23(2,3)30-22(27)25-15-17-6-9-18(10-7-17)21(26)24-13-12-16-8-11-19(28-4)20(14-16)29-5/h6-11,14H,12-13,15H2,1-5H3,(H,24,26)(H,25,27). The Morgan fingerprint density at radius 2 is 1.50 bits per heavy atom. The topological polar surface area (TPSA) is 85.9 Å². The van der Waals surface area contributed by atoms with Crippen molar-refractivity contribution in [3.8, 4) is 11.5 Å². The minimum atomic E-state index is -0.539. The van der Waals surface area contributed by atoms with Crippen molar-refractivity contribution >= 4 is 12.0 Å². The van der Waals surface area contributed by atoms with Gasteiger partial charge in [-0.05, 0) is 62.6 Å². The fourth-order valence-corrected chi connectivity index (χ4v) is 2.72. The van der Waals surface area contributed by atoms with Crippen molar-refractivity contribution < 1.29 is 23.8 Å². The number of ether oxygens (including phenoxy) is 3. The van der Waals surface area contributed by atoms with E-state index in [-0.39, 0.29) is 5.91 Å². The Kier molecular flexibility index (Phi) is 8.09. The van der Waals surface area contributed by atoms with Crippen molar-refractivity contribution in [2.75, 3.05) is 20.8 Å². The van der Waals surface area contributed by atoms with E-state index >= 15 is 0 Å². The Morgan fingerprint density at radius 1 is 0.867 bits per heavy atom. The minimum Gasteiger partial charge on any atom is -0.493 e. The zero-order chi connectivity index (χ0) is 22.1. The number of methoxy groups -OCH3 is 2. The Hall–Kier alpha value is -3.22. The van der Waals surface area contributed by atoms with Crippen molar-refractivity contribution in [1.82, 2.24) is 10.6 Å². The van der Waals surface area contributed by atoms with Gasteiger partial charge in [-0.15, -0.1) is 0 Å². The van der Waals surface area contributed by atoms with Crippen LogP contribution in [-0.4, -0.2) is 38.4 Å². The van der Waals surface area contributed by atoms with Crippen molar-refractivity contribution in [1.29, 1.82) is 0 Å². The van der Waals surface area contributed by atoms with Gasteiger partial charge in [0.05, 0.1) is 14.2 Å². The van der Waals surface area contributed by atoms with Crippen LogP contribution in [0.3, 0.4) is 0 Å². The summed E-state index contributed by atoms with van der Waals surface area (Å²) >= 11 is 0. The monoisotopic (exact) mass is 414 g/mol. The van der Waals surface area contributed by atoms with Gasteiger partial charge in [0.25, 0.3) is 5.91 Å². The summed E-state index contributed by atoms with van der Waals surface area (Å²) in [6.07, 6.45) is 0.198. The largest absolute Gasteiger partial charge is 0.493 e. The third kappa shape index (κ3) is 7.31. The first kappa shape index (κ1) is 23.1. The highest BCUT2D eigenvalue weighted by Crippen LogP contribution is 2.27. The van der Waals surface area contributed by atoms with Gasteiger partial charge in [0.2, 0.25) is 0 Å². The van der Waals surface area contributed by atoms with Gasteiger partial charge in [-0.1, -0.05) is 18.2 Å². The predicted molar refractivity (Wildman–Crippen MR) is 115 cm³/mol. The molecule has 0 aliphatic carbocycles. The maximum Gasteiger partial charge on any atom is 0.407 e. The molecule has 7 heteroatoms. The lowest BCUT2D eigenvalue weighted by Crippen LogP contribution is -2.32. The number of benzene rings is 2. The number of hydrogen-bond donors (Lipinski definition) is 2. The van der Waals surface area contributed by atoms with Crippen molar-refractivity contribution in [2.45, 2.75) is 39.3 Å². The van der Waals surface area contributed by atoms with E-state index in [1.165, 1.54) is 0 Å². The summed E-state index contributed by atoms with van der Waals surface area (Å²) in [5.41, 5.74) is 1.94. The normalized spacial score (nSPS) is 10.8. The molecule has 0 aromatic heterocycles. The highest BCUT2D eigenvalue weighted by atomic mass is 16.6. The van der Waals surface area contributed by atoms with E-state index in [9.17, 15) is 9.59 Å². The fourth-order valence-electron chi connectivity index (χ4n) is 2.72. The highest BCUT2D eigenvalue weighted by molar-refractivity contribution is 5.94. The average molecular weight is 415 g/mol. The molecule has 0 bridgehead atoms. The van der Waals surface area contributed by atoms with Crippen LogP contribution in [0.5, 0.6) is 11.5 Å². The van der Waals surface area contributed by atoms with Crippen molar-refractivity contribution in [3.63, 3.8) is 0 Å². The second kappa shape index (κ2) is 10.5. The van der Waals surface area contributed by atoms with E-state index in [2.05, 4.69) is 10.6 Å². The van der Waals surface area contributed by atoms with Gasteiger partial charge in [-0.25, -0.2) is 4.79 Å². The summed E-state index contributed by atoms with van der Waals surface area (Å²) in [6.45, 7) is 6.26. The molecular weight excluding hydrogens is 384 g/mol. The SMILES string of the molecule is COc1ccc(CCNC(=O)c2ccc(CNC(=O)OC(C)(C)C)cc2)cc1OC. The zero-order valence-electron chi connectivity index (χ0n) is 18.2. The first-order valence-electron chi connectivity index (χ1n) is 9.76. The minimum absolute atomic E-state index is 0.151. The van der Waals surface area contributed by atoms with Crippen molar-refractivity contribution in [3.05, 3.63) is 59.2 Å². The molecule has 0 atom stereocenters. The Bertz CT molecular complexity index is 857. The molecule has 2 rings (SSSR count). The van der Waals surface area contributed by atoms with Gasteiger partial charge in [-0.2, -0.15) is 0 Å². The van der Waals surface area contributed by atoms with Crippen LogP contribution in [0.15, 0.2) is 42.5 Å². The first-order chi connectivity index (χ1) is 14.2. The molecule has 0 aliphatic rings. The Morgan fingerprint density at radius 3 is 2.10 bits per heavy atom. The molecular formula is C23H30N2O5. The molecule has 2 amide bonds. The van der Waals surface area contributed by atoms with Crippen molar-refractivity contribution in [2.24, 2.45) is 0 Å². The highest BCUT2D eigenvalue weighted by Gasteiger charge is 2.15. The van der Waals surface area contributed by atoms with Crippen LogP contribution in [-0.2, 0) is 17.7 Å². The summed E-state index contributed by atoms with van der Waals surface area (Å²) < 4.78 is 15.7. The van der Waals surface area contributed by atoms with Gasteiger partial charge in [0.15, 0.2) is 11.5 Å². The van der Waals surface area contributed by atoms with Crippen LogP contribution in [0.25, 0.3) is 0 Å². The lowest BCUT2D eigenvalue weighted by Gasteiger charge is -2.19. The molecule has 0 saturated carbocycles. The fraction of sp³-hybridized carbons (Fsp3) is 0.391. The van der Waals surface area contributed by atoms with Gasteiger partial charge in [0, 0.05) is 18.7 Å². The van der Waals surface area contributed by atoms with Crippen LogP contribution >= 0.6 is 0 Å². The lowest BCUT2D eigenvalue weighted by atomic mass is 10.1. The molecule has 2 aromatic carbocycles. The summed E-state index contributed by atoms with van der Waals surface area (Å²) in [5, 5.41) is 5.60. The number of amides is 2. The molecule has 0 radical (unpaired) electrons. The Balaban J connectivity index is 1.81. The molecule has 7 nitrogen and oxygen atoms in total. The van der Waals surface area contributed by atoms with Crippen LogP contribution in [0.4, 0.5) is 4.79 Å². The number of hydrogen-bond acceptors (Lipinski definition) is 5. The van der Waals surface area contributed by atoms with E-state index in [4.69, 9.17) is 14.2 Å². The van der Waals surface area contributed by atoms with Crippen LogP contribution < -0.4 is 20.1 Å². The predicted octanol–water partition coefficient (Wildman–Crippen LogP) is 3.70. The van der Waals surface area contributed by atoms with E-state index < -0.39 is 11.7 Å². The molecule has 0 heterocycles. The molecule has 2 N–H and O–H groups in total. The molecule has 2 aromatic rings. The lowest BCUT2D eigenvalue weighted by molar-refractivity contribution is 0.0523. The van der Waals surface area contributed by atoms with Crippen LogP contribution in [0.1, 0.15) is 42.3 Å². The third-order valence-corrected chi connectivity index (χ3v) is 4.20. The molecule has 162 valence electrons. The number of carbonyl (C=O) groups is 2. The number of nitrogens with one attached hydrogen (secondary N) is 2. The summed E-state index contributed by atoms with van der Waals surface area (Å²) in [5.74, 6) is 1.19. The van der Waals surface area contributed by atoms with E-state index in [0.717, 1.165) is 11.1 Å². The van der Waals surface area contributed by atoms with Crippen LogP contribution in [0, 0.1) is 0 Å². The van der Waals surface area contributed by atoms with E-state index in [0.29, 0.717) is 36.6 Å².